The summed E-state index contributed by atoms with van der Waals surface area (Å²) in [5, 5.41) is 12.5. The first-order valence-corrected chi connectivity index (χ1v) is 11.5. The van der Waals surface area contributed by atoms with Gasteiger partial charge in [-0.15, -0.1) is 0 Å². The number of aliphatic carboxylic acids is 1. The highest BCUT2D eigenvalue weighted by Gasteiger charge is 2.28. The molecule has 0 spiro atoms. The summed E-state index contributed by atoms with van der Waals surface area (Å²) in [5.74, 6) is -0.459. The third-order valence-corrected chi connectivity index (χ3v) is 6.79. The first-order valence-electron chi connectivity index (χ1n) is 11.5. The Morgan fingerprint density at radius 3 is 2.62 bits per heavy atom. The molecule has 2 N–H and O–H groups in total. The zero-order chi connectivity index (χ0) is 23.8. The van der Waals surface area contributed by atoms with Crippen LogP contribution < -0.4 is 5.32 Å². The number of oxazole rings is 1. The van der Waals surface area contributed by atoms with E-state index in [1.165, 1.54) is 11.1 Å². The lowest BCUT2D eigenvalue weighted by molar-refractivity contribution is -0.141. The molecule has 2 aromatic heterocycles. The van der Waals surface area contributed by atoms with Gasteiger partial charge in [0.05, 0.1) is 5.92 Å². The van der Waals surface area contributed by atoms with Crippen LogP contribution in [-0.4, -0.2) is 46.1 Å². The molecule has 1 fully saturated rings. The van der Waals surface area contributed by atoms with Crippen molar-refractivity contribution >= 4 is 22.9 Å². The smallest absolute Gasteiger partial charge is 0.307 e. The predicted octanol–water partition coefficient (Wildman–Crippen LogP) is 5.12. The maximum atomic E-state index is 11.2. The highest BCUT2D eigenvalue weighted by molar-refractivity contribution is 5.82. The summed E-state index contributed by atoms with van der Waals surface area (Å²) < 4.78 is 6.05. The average molecular weight is 457 g/mol. The second kappa shape index (κ2) is 8.91. The third-order valence-electron chi connectivity index (χ3n) is 6.79. The van der Waals surface area contributed by atoms with Gasteiger partial charge >= 0.3 is 5.97 Å². The predicted molar refractivity (Wildman–Crippen MR) is 133 cm³/mol. The molecular weight excluding hydrogens is 428 g/mol. The number of carboxylic acid groups (broad SMARTS) is 1. The van der Waals surface area contributed by atoms with E-state index in [0.29, 0.717) is 36.6 Å². The van der Waals surface area contributed by atoms with Crippen molar-refractivity contribution in [2.24, 2.45) is 5.92 Å². The molecule has 5 rings (SSSR count). The van der Waals surface area contributed by atoms with E-state index in [1.807, 2.05) is 25.2 Å². The topological polar surface area (TPSA) is 91.5 Å². The van der Waals surface area contributed by atoms with Gasteiger partial charge in [0.15, 0.2) is 0 Å². The van der Waals surface area contributed by atoms with Crippen molar-refractivity contribution in [2.75, 3.05) is 25.5 Å². The highest BCUT2D eigenvalue weighted by Crippen LogP contribution is 2.36. The Kier molecular flexibility index (Phi) is 5.79. The number of hydrogen-bond acceptors (Lipinski definition) is 6. The SMILES string of the molecule is CNc1cccc(-c2cccc(-c3nc4cc(CN5CC[C@@H](C(=O)O)C5)cnc4o3)c2C)c1C. The minimum Gasteiger partial charge on any atom is -0.481 e. The van der Waals surface area contributed by atoms with E-state index < -0.39 is 5.97 Å². The van der Waals surface area contributed by atoms with Crippen LogP contribution in [0.4, 0.5) is 5.69 Å². The number of benzene rings is 2. The lowest BCUT2D eigenvalue weighted by Gasteiger charge is -2.14. The number of nitrogens with zero attached hydrogens (tertiary/aromatic N) is 3. The summed E-state index contributed by atoms with van der Waals surface area (Å²) in [4.78, 5) is 22.6. The molecule has 0 saturated carbocycles. The minimum atomic E-state index is -0.720. The van der Waals surface area contributed by atoms with Crippen LogP contribution >= 0.6 is 0 Å². The Morgan fingerprint density at radius 2 is 1.88 bits per heavy atom. The van der Waals surface area contributed by atoms with Gasteiger partial charge in [0.2, 0.25) is 11.6 Å². The van der Waals surface area contributed by atoms with Crippen molar-refractivity contribution in [3.8, 4) is 22.6 Å². The summed E-state index contributed by atoms with van der Waals surface area (Å²) >= 11 is 0. The fourth-order valence-corrected chi connectivity index (χ4v) is 4.86. The van der Waals surface area contributed by atoms with E-state index in [4.69, 9.17) is 9.40 Å². The second-order valence-electron chi connectivity index (χ2n) is 8.95. The van der Waals surface area contributed by atoms with Crippen LogP contribution in [-0.2, 0) is 11.3 Å². The van der Waals surface area contributed by atoms with Gasteiger partial charge in [0.1, 0.15) is 5.52 Å². The van der Waals surface area contributed by atoms with Crippen molar-refractivity contribution in [2.45, 2.75) is 26.8 Å². The van der Waals surface area contributed by atoms with Gasteiger partial charge in [-0.05, 0) is 72.8 Å². The Bertz CT molecular complexity index is 1380. The molecule has 34 heavy (non-hydrogen) atoms. The van der Waals surface area contributed by atoms with Crippen LogP contribution in [0.5, 0.6) is 0 Å². The molecule has 0 bridgehead atoms. The van der Waals surface area contributed by atoms with E-state index in [-0.39, 0.29) is 5.92 Å². The molecule has 3 heterocycles. The quantitative estimate of drug-likeness (QED) is 0.416. The zero-order valence-electron chi connectivity index (χ0n) is 19.6. The normalized spacial score (nSPS) is 16.3. The number of carbonyl (C=O) groups is 1. The second-order valence-corrected chi connectivity index (χ2v) is 8.95. The highest BCUT2D eigenvalue weighted by atomic mass is 16.4. The van der Waals surface area contributed by atoms with Crippen LogP contribution in [0.1, 0.15) is 23.1 Å². The van der Waals surface area contributed by atoms with Gasteiger partial charge in [-0.2, -0.15) is 0 Å². The van der Waals surface area contributed by atoms with Crippen LogP contribution in [0.25, 0.3) is 33.8 Å². The number of nitrogens with one attached hydrogen (secondary N) is 1. The first kappa shape index (κ1) is 22.1. The molecule has 1 aliphatic rings. The lowest BCUT2D eigenvalue weighted by atomic mass is 9.93. The number of fused-ring (bicyclic) bond motifs is 1. The van der Waals surface area contributed by atoms with Crippen molar-refractivity contribution < 1.29 is 14.3 Å². The molecule has 174 valence electrons. The van der Waals surface area contributed by atoms with Gasteiger partial charge in [-0.1, -0.05) is 24.3 Å². The minimum absolute atomic E-state index is 0.289. The summed E-state index contributed by atoms with van der Waals surface area (Å²) in [6, 6.07) is 14.4. The molecule has 1 saturated heterocycles. The van der Waals surface area contributed by atoms with E-state index in [2.05, 4.69) is 53.3 Å². The van der Waals surface area contributed by atoms with E-state index in [1.54, 1.807) is 6.20 Å². The van der Waals surface area contributed by atoms with Crippen LogP contribution in [0, 0.1) is 19.8 Å². The lowest BCUT2D eigenvalue weighted by Crippen LogP contribution is -2.22. The maximum absolute atomic E-state index is 11.2. The molecule has 0 unspecified atom stereocenters. The summed E-state index contributed by atoms with van der Waals surface area (Å²) in [5.41, 5.74) is 8.87. The van der Waals surface area contributed by atoms with Crippen molar-refractivity contribution in [3.05, 3.63) is 65.4 Å². The summed E-state index contributed by atoms with van der Waals surface area (Å²) in [7, 11) is 1.93. The van der Waals surface area contributed by atoms with E-state index >= 15 is 0 Å². The number of aromatic nitrogens is 2. The van der Waals surface area contributed by atoms with Crippen LogP contribution in [0.3, 0.4) is 0 Å². The maximum Gasteiger partial charge on any atom is 0.307 e. The van der Waals surface area contributed by atoms with E-state index in [0.717, 1.165) is 34.5 Å². The standard InChI is InChI=1S/C27H28N4O3/c1-16-20(21-7-5-9-23(28-3)17(21)2)6-4-8-22(16)25-30-24-12-18(13-29-26(24)34-25)14-31-11-10-19(15-31)27(32)33/h4-9,12-13,19,28H,10-11,14-15H2,1-3H3,(H,32,33)/t19-/m1/s1. The molecule has 0 aliphatic carbocycles. The van der Waals surface area contributed by atoms with Crippen molar-refractivity contribution in [3.63, 3.8) is 0 Å². The molecule has 0 amide bonds. The molecule has 4 aromatic rings. The number of rotatable bonds is 6. The Hall–Kier alpha value is -3.71. The molecule has 7 heteroatoms. The van der Waals surface area contributed by atoms with Crippen molar-refractivity contribution in [1.82, 2.24) is 14.9 Å². The molecule has 2 aromatic carbocycles. The van der Waals surface area contributed by atoms with Gasteiger partial charge in [-0.3, -0.25) is 9.69 Å². The molecule has 1 aliphatic heterocycles. The summed E-state index contributed by atoms with van der Waals surface area (Å²) in [6.07, 6.45) is 2.48. The first-order chi connectivity index (χ1) is 16.4. The Morgan fingerprint density at radius 1 is 1.15 bits per heavy atom. The number of hydrogen-bond donors (Lipinski definition) is 2. The third kappa shape index (κ3) is 4.03. The zero-order valence-corrected chi connectivity index (χ0v) is 19.6. The molecule has 0 radical (unpaired) electrons. The Balaban J connectivity index is 1.45. The largest absolute Gasteiger partial charge is 0.481 e. The fourth-order valence-electron chi connectivity index (χ4n) is 4.86. The monoisotopic (exact) mass is 456 g/mol. The van der Waals surface area contributed by atoms with Gasteiger partial charge in [0.25, 0.3) is 0 Å². The molecule has 7 nitrogen and oxygen atoms in total. The van der Waals surface area contributed by atoms with Gasteiger partial charge in [0, 0.05) is 37.6 Å². The van der Waals surface area contributed by atoms with Crippen LogP contribution in [0.15, 0.2) is 53.1 Å². The van der Waals surface area contributed by atoms with E-state index in [9.17, 15) is 9.90 Å². The van der Waals surface area contributed by atoms with Gasteiger partial charge in [-0.25, -0.2) is 9.97 Å². The number of pyridine rings is 1. The number of likely N-dealkylation sites (tertiary alicyclic amines) is 1. The number of carboxylic acids is 1. The summed E-state index contributed by atoms with van der Waals surface area (Å²) in [6.45, 7) is 6.22. The fraction of sp³-hybridized carbons (Fsp3) is 0.296. The number of anilines is 1. The Labute approximate surface area is 198 Å². The molecular formula is C27H28N4O3. The average Bonchev–Trinajstić information content (AvgIpc) is 3.46. The van der Waals surface area contributed by atoms with Gasteiger partial charge < -0.3 is 14.8 Å². The van der Waals surface area contributed by atoms with Crippen molar-refractivity contribution in [1.29, 1.82) is 0 Å². The van der Waals surface area contributed by atoms with Crippen LogP contribution in [0.2, 0.25) is 0 Å². The molecule has 1 atom stereocenters.